The number of amides is 1. The third-order valence-corrected chi connectivity index (χ3v) is 8.42. The number of thioether (sulfide) groups is 1. The summed E-state index contributed by atoms with van der Waals surface area (Å²) in [5.41, 5.74) is 1.92. The van der Waals surface area contributed by atoms with Gasteiger partial charge in [0.15, 0.2) is 5.16 Å². The number of nitrogens with zero attached hydrogens (tertiary/aromatic N) is 3. The van der Waals surface area contributed by atoms with E-state index in [0.29, 0.717) is 11.7 Å². The highest BCUT2D eigenvalue weighted by Crippen LogP contribution is 2.36. The molecule has 1 aromatic carbocycles. The van der Waals surface area contributed by atoms with Crippen LogP contribution in [0.5, 0.6) is 0 Å². The Labute approximate surface area is 192 Å². The average molecular weight is 468 g/mol. The summed E-state index contributed by atoms with van der Waals surface area (Å²) in [6, 6.07) is 13.6. The van der Waals surface area contributed by atoms with E-state index in [2.05, 4.69) is 0 Å². The standard InChI is InChI=1S/C23H21N3O2S3/c1-25(13-16-9-6-12-29-16)19(27)14-30-23-24-21-20(17-10-5-11-18(17)31-21)22(28)26(23)15-7-3-2-4-8-15/h2-4,6-9,12H,5,10-11,13-14H2,1H3. The molecule has 31 heavy (non-hydrogen) atoms. The molecule has 4 aromatic rings. The highest BCUT2D eigenvalue weighted by atomic mass is 32.2. The van der Waals surface area contributed by atoms with Crippen LogP contribution in [0.15, 0.2) is 57.8 Å². The summed E-state index contributed by atoms with van der Waals surface area (Å²) < 4.78 is 1.67. The molecular weight excluding hydrogens is 446 g/mol. The number of hydrogen-bond acceptors (Lipinski definition) is 6. The number of thiophene rings is 2. The van der Waals surface area contributed by atoms with E-state index in [0.717, 1.165) is 40.0 Å². The van der Waals surface area contributed by atoms with Crippen LogP contribution < -0.4 is 5.56 Å². The molecule has 0 saturated carbocycles. The normalized spacial score (nSPS) is 12.9. The summed E-state index contributed by atoms with van der Waals surface area (Å²) in [5, 5.41) is 3.34. The van der Waals surface area contributed by atoms with Crippen LogP contribution in [0.4, 0.5) is 0 Å². The molecule has 0 bridgehead atoms. The van der Waals surface area contributed by atoms with Crippen molar-refractivity contribution in [3.63, 3.8) is 0 Å². The highest BCUT2D eigenvalue weighted by molar-refractivity contribution is 7.99. The van der Waals surface area contributed by atoms with Crippen LogP contribution in [0.25, 0.3) is 15.9 Å². The van der Waals surface area contributed by atoms with E-state index in [-0.39, 0.29) is 17.2 Å². The maximum atomic E-state index is 13.6. The van der Waals surface area contributed by atoms with Gasteiger partial charge in [-0.3, -0.25) is 14.2 Å². The first-order valence-electron chi connectivity index (χ1n) is 10.1. The fourth-order valence-electron chi connectivity index (χ4n) is 3.89. The molecule has 1 amide bonds. The molecule has 0 saturated heterocycles. The first-order chi connectivity index (χ1) is 15.1. The molecule has 5 nitrogen and oxygen atoms in total. The number of aryl methyl sites for hydroxylation is 2. The molecule has 5 rings (SSSR count). The Morgan fingerprint density at radius 1 is 1.19 bits per heavy atom. The highest BCUT2D eigenvalue weighted by Gasteiger charge is 2.24. The van der Waals surface area contributed by atoms with Gasteiger partial charge in [0, 0.05) is 16.8 Å². The third kappa shape index (κ3) is 3.95. The molecule has 0 fully saturated rings. The van der Waals surface area contributed by atoms with Crippen LogP contribution in [-0.2, 0) is 24.2 Å². The van der Waals surface area contributed by atoms with Crippen molar-refractivity contribution in [2.75, 3.05) is 12.8 Å². The summed E-state index contributed by atoms with van der Waals surface area (Å²) >= 11 is 4.60. The second-order valence-corrected chi connectivity index (χ2v) is 10.6. The Bertz CT molecular complexity index is 1290. The van der Waals surface area contributed by atoms with Crippen LogP contribution in [0.3, 0.4) is 0 Å². The first-order valence-corrected chi connectivity index (χ1v) is 12.8. The smallest absolute Gasteiger partial charge is 0.267 e. The van der Waals surface area contributed by atoms with Gasteiger partial charge in [0.2, 0.25) is 5.91 Å². The predicted octanol–water partition coefficient (Wildman–Crippen LogP) is 4.75. The van der Waals surface area contributed by atoms with Crippen molar-refractivity contribution < 1.29 is 4.79 Å². The maximum Gasteiger partial charge on any atom is 0.267 e. The van der Waals surface area contributed by atoms with Gasteiger partial charge in [0.05, 0.1) is 23.4 Å². The summed E-state index contributed by atoms with van der Waals surface area (Å²) in [6.07, 6.45) is 3.07. The van der Waals surface area contributed by atoms with Crippen molar-refractivity contribution >= 4 is 50.6 Å². The lowest BCUT2D eigenvalue weighted by Crippen LogP contribution is -2.28. The van der Waals surface area contributed by atoms with Crippen molar-refractivity contribution in [2.45, 2.75) is 31.0 Å². The van der Waals surface area contributed by atoms with E-state index < -0.39 is 0 Å². The molecule has 0 N–H and O–H groups in total. The lowest BCUT2D eigenvalue weighted by Gasteiger charge is -2.17. The summed E-state index contributed by atoms with van der Waals surface area (Å²) in [6.45, 7) is 0.590. The average Bonchev–Trinajstić information content (AvgIpc) is 3.50. The monoisotopic (exact) mass is 467 g/mol. The maximum absolute atomic E-state index is 13.6. The number of benzene rings is 1. The van der Waals surface area contributed by atoms with Gasteiger partial charge in [-0.2, -0.15) is 0 Å². The number of fused-ring (bicyclic) bond motifs is 3. The van der Waals surface area contributed by atoms with Crippen molar-refractivity contribution in [3.8, 4) is 5.69 Å². The molecule has 0 radical (unpaired) electrons. The van der Waals surface area contributed by atoms with E-state index >= 15 is 0 Å². The molecule has 158 valence electrons. The van der Waals surface area contributed by atoms with E-state index in [4.69, 9.17) is 4.98 Å². The molecule has 1 aliphatic rings. The molecule has 0 atom stereocenters. The van der Waals surface area contributed by atoms with E-state index in [1.54, 1.807) is 32.1 Å². The zero-order valence-electron chi connectivity index (χ0n) is 17.0. The Balaban J connectivity index is 1.49. The minimum atomic E-state index is -0.0301. The zero-order chi connectivity index (χ0) is 21.4. The molecule has 0 unspecified atom stereocenters. The molecule has 8 heteroatoms. The molecule has 0 spiro atoms. The fraction of sp³-hybridized carbons (Fsp3) is 0.261. The van der Waals surface area contributed by atoms with Crippen molar-refractivity contribution in [2.24, 2.45) is 0 Å². The van der Waals surface area contributed by atoms with Crippen LogP contribution in [0.2, 0.25) is 0 Å². The SMILES string of the molecule is CN(Cc1cccs1)C(=O)CSc1nc2sc3c(c2c(=O)n1-c1ccccc1)CCC3. The van der Waals surface area contributed by atoms with E-state index in [9.17, 15) is 9.59 Å². The van der Waals surface area contributed by atoms with Gasteiger partial charge in [-0.1, -0.05) is 36.0 Å². The number of carbonyl (C=O) groups excluding carboxylic acids is 1. The number of para-hydroxylation sites is 1. The molecule has 3 heterocycles. The number of aromatic nitrogens is 2. The van der Waals surface area contributed by atoms with Crippen LogP contribution in [-0.4, -0.2) is 33.2 Å². The fourth-order valence-corrected chi connectivity index (χ4v) is 6.90. The lowest BCUT2D eigenvalue weighted by molar-refractivity contribution is -0.127. The summed E-state index contributed by atoms with van der Waals surface area (Å²) in [5.74, 6) is 0.249. The first kappa shape index (κ1) is 20.5. The largest absolute Gasteiger partial charge is 0.340 e. The zero-order valence-corrected chi connectivity index (χ0v) is 19.5. The second-order valence-electron chi connectivity index (χ2n) is 7.53. The van der Waals surface area contributed by atoms with Gasteiger partial charge < -0.3 is 4.90 Å². The Morgan fingerprint density at radius 2 is 2.03 bits per heavy atom. The van der Waals surface area contributed by atoms with Gasteiger partial charge in [-0.25, -0.2) is 4.98 Å². The van der Waals surface area contributed by atoms with Gasteiger partial charge in [-0.05, 0) is 48.4 Å². The number of rotatable bonds is 6. The van der Waals surface area contributed by atoms with Gasteiger partial charge >= 0.3 is 0 Å². The number of hydrogen-bond donors (Lipinski definition) is 0. The number of carbonyl (C=O) groups is 1. The molecule has 1 aliphatic carbocycles. The third-order valence-electron chi connectivity index (χ3n) is 5.45. The van der Waals surface area contributed by atoms with Gasteiger partial charge in [-0.15, -0.1) is 22.7 Å². The van der Waals surface area contributed by atoms with Crippen LogP contribution >= 0.6 is 34.4 Å². The van der Waals surface area contributed by atoms with Gasteiger partial charge in [0.25, 0.3) is 5.56 Å². The van der Waals surface area contributed by atoms with Gasteiger partial charge in [0.1, 0.15) is 4.83 Å². The lowest BCUT2D eigenvalue weighted by atomic mass is 10.2. The van der Waals surface area contributed by atoms with E-state index in [1.165, 1.54) is 22.2 Å². The Hall–Kier alpha value is -2.42. The van der Waals surface area contributed by atoms with Crippen LogP contribution in [0.1, 0.15) is 21.7 Å². The Kier molecular flexibility index (Phi) is 5.69. The van der Waals surface area contributed by atoms with Crippen LogP contribution in [0, 0.1) is 0 Å². The van der Waals surface area contributed by atoms with Crippen molar-refractivity contribution in [1.29, 1.82) is 0 Å². The molecule has 0 aliphatic heterocycles. The topological polar surface area (TPSA) is 55.2 Å². The minimum Gasteiger partial charge on any atom is -0.340 e. The van der Waals surface area contributed by atoms with Crippen molar-refractivity contribution in [1.82, 2.24) is 14.5 Å². The predicted molar refractivity (Wildman–Crippen MR) is 129 cm³/mol. The summed E-state index contributed by atoms with van der Waals surface area (Å²) in [7, 11) is 1.81. The summed E-state index contributed by atoms with van der Waals surface area (Å²) in [4.78, 5) is 36.1. The molecular formula is C23H21N3O2S3. The molecule has 3 aromatic heterocycles. The minimum absolute atomic E-state index is 0.0148. The Morgan fingerprint density at radius 3 is 2.81 bits per heavy atom. The van der Waals surface area contributed by atoms with Crippen molar-refractivity contribution in [3.05, 3.63) is 73.5 Å². The van der Waals surface area contributed by atoms with E-state index in [1.807, 2.05) is 54.9 Å². The second kappa shape index (κ2) is 8.61. The quantitative estimate of drug-likeness (QED) is 0.303.